The van der Waals surface area contributed by atoms with Gasteiger partial charge < -0.3 is 40.3 Å². The van der Waals surface area contributed by atoms with E-state index < -0.39 is 49.5 Å². The fourth-order valence-corrected chi connectivity index (χ4v) is 10.2. The predicted octanol–water partition coefficient (Wildman–Crippen LogP) is 16.9. The highest BCUT2D eigenvalue weighted by molar-refractivity contribution is 5.76. The van der Waals surface area contributed by atoms with Crippen LogP contribution in [0, 0.1) is 0 Å². The second-order valence-corrected chi connectivity index (χ2v) is 22.5. The van der Waals surface area contributed by atoms with Crippen molar-refractivity contribution in [1.29, 1.82) is 0 Å². The Morgan fingerprint density at radius 1 is 0.440 bits per heavy atom. The van der Waals surface area contributed by atoms with Crippen molar-refractivity contribution in [3.63, 3.8) is 0 Å². The lowest BCUT2D eigenvalue weighted by molar-refractivity contribution is -0.302. The number of allylic oxidation sites excluding steroid dienone is 7. The zero-order valence-corrected chi connectivity index (χ0v) is 49.1. The summed E-state index contributed by atoms with van der Waals surface area (Å²) in [7, 11) is 0. The lowest BCUT2D eigenvalue weighted by Gasteiger charge is -2.40. The van der Waals surface area contributed by atoms with Crippen molar-refractivity contribution in [2.75, 3.05) is 13.2 Å². The number of nitrogens with one attached hydrogen (secondary N) is 1. The van der Waals surface area contributed by atoms with Crippen LogP contribution in [0.3, 0.4) is 0 Å². The Morgan fingerprint density at radius 2 is 0.760 bits per heavy atom. The SMILES string of the molecule is CCCCCCCCCC/C=C\CCCCCCCCCCCCCCCC(=O)NC(COC1OC(CO)C(O)C(O)C1O)C(O)/C=C/CC/C=C/CC/C=C/CCCCCCCCCCCCCCCCCCC. The molecule has 75 heavy (non-hydrogen) atoms. The summed E-state index contributed by atoms with van der Waals surface area (Å²) in [6.45, 7) is 3.80. The van der Waals surface area contributed by atoms with Crippen LogP contribution in [0.1, 0.15) is 309 Å². The molecule has 0 aliphatic carbocycles. The van der Waals surface area contributed by atoms with Crippen LogP contribution in [0.15, 0.2) is 48.6 Å². The third kappa shape index (κ3) is 44.7. The molecule has 9 heteroatoms. The molecule has 1 fully saturated rings. The maximum absolute atomic E-state index is 13.1. The van der Waals surface area contributed by atoms with E-state index in [4.69, 9.17) is 9.47 Å². The molecule has 0 aromatic carbocycles. The highest BCUT2D eigenvalue weighted by Gasteiger charge is 2.44. The second-order valence-electron chi connectivity index (χ2n) is 22.5. The molecular weight excluding hydrogens is 935 g/mol. The normalized spacial score (nSPS) is 19.2. The maximum Gasteiger partial charge on any atom is 0.220 e. The number of unbranched alkanes of at least 4 members (excludes halogenated alkanes) is 40. The van der Waals surface area contributed by atoms with Gasteiger partial charge >= 0.3 is 0 Å². The van der Waals surface area contributed by atoms with E-state index in [1.54, 1.807) is 6.08 Å². The molecule has 440 valence electrons. The number of carbonyl (C=O) groups is 1. The van der Waals surface area contributed by atoms with Crippen LogP contribution in [0.25, 0.3) is 0 Å². The van der Waals surface area contributed by atoms with E-state index in [9.17, 15) is 30.3 Å². The number of amides is 1. The Bertz CT molecular complexity index is 1320. The Balaban J connectivity index is 2.21. The summed E-state index contributed by atoms with van der Waals surface area (Å²) in [5.41, 5.74) is 0. The van der Waals surface area contributed by atoms with Gasteiger partial charge in [0.05, 0.1) is 25.4 Å². The zero-order valence-electron chi connectivity index (χ0n) is 49.1. The number of aliphatic hydroxyl groups is 5. The molecule has 0 spiro atoms. The number of aliphatic hydroxyl groups excluding tert-OH is 5. The van der Waals surface area contributed by atoms with Crippen LogP contribution in [0.5, 0.6) is 0 Å². The van der Waals surface area contributed by atoms with E-state index in [0.29, 0.717) is 6.42 Å². The highest BCUT2D eigenvalue weighted by Crippen LogP contribution is 2.23. The van der Waals surface area contributed by atoms with Gasteiger partial charge in [0, 0.05) is 6.42 Å². The fraction of sp³-hybridized carbons (Fsp3) is 0.864. The maximum atomic E-state index is 13.1. The molecule has 0 radical (unpaired) electrons. The first kappa shape index (κ1) is 71.2. The quantitative estimate of drug-likeness (QED) is 0.0261. The zero-order chi connectivity index (χ0) is 54.3. The summed E-state index contributed by atoms with van der Waals surface area (Å²) in [5.74, 6) is -0.187. The second kappa shape index (κ2) is 55.5. The minimum Gasteiger partial charge on any atom is -0.394 e. The number of hydrogen-bond donors (Lipinski definition) is 6. The van der Waals surface area contributed by atoms with Gasteiger partial charge in [-0.3, -0.25) is 4.79 Å². The van der Waals surface area contributed by atoms with E-state index in [-0.39, 0.29) is 12.5 Å². The monoisotopic (exact) mass is 1060 g/mol. The lowest BCUT2D eigenvalue weighted by Crippen LogP contribution is -2.60. The first-order valence-electron chi connectivity index (χ1n) is 32.4. The van der Waals surface area contributed by atoms with Gasteiger partial charge in [-0.2, -0.15) is 0 Å². The van der Waals surface area contributed by atoms with Crippen LogP contribution in [-0.2, 0) is 14.3 Å². The van der Waals surface area contributed by atoms with Gasteiger partial charge in [0.1, 0.15) is 24.4 Å². The number of ether oxygens (including phenoxy) is 2. The smallest absolute Gasteiger partial charge is 0.220 e. The van der Waals surface area contributed by atoms with Crippen molar-refractivity contribution in [3.8, 4) is 0 Å². The molecule has 9 nitrogen and oxygen atoms in total. The highest BCUT2D eigenvalue weighted by atomic mass is 16.7. The van der Waals surface area contributed by atoms with Gasteiger partial charge in [-0.25, -0.2) is 0 Å². The summed E-state index contributed by atoms with van der Waals surface area (Å²) in [6.07, 6.45) is 67.7. The molecule has 6 N–H and O–H groups in total. The molecule has 1 saturated heterocycles. The number of carbonyl (C=O) groups excluding carboxylic acids is 1. The lowest BCUT2D eigenvalue weighted by atomic mass is 9.99. The molecule has 0 aromatic heterocycles. The number of rotatable bonds is 56. The van der Waals surface area contributed by atoms with Crippen LogP contribution >= 0.6 is 0 Å². The largest absolute Gasteiger partial charge is 0.394 e. The van der Waals surface area contributed by atoms with Gasteiger partial charge in [-0.15, -0.1) is 0 Å². The van der Waals surface area contributed by atoms with Crippen molar-refractivity contribution in [2.45, 2.75) is 352 Å². The van der Waals surface area contributed by atoms with E-state index in [0.717, 1.165) is 44.9 Å². The molecule has 7 atom stereocenters. The van der Waals surface area contributed by atoms with E-state index in [1.807, 2.05) is 6.08 Å². The van der Waals surface area contributed by atoms with Crippen molar-refractivity contribution in [1.82, 2.24) is 5.32 Å². The molecule has 0 bridgehead atoms. The van der Waals surface area contributed by atoms with Crippen molar-refractivity contribution in [2.24, 2.45) is 0 Å². The molecule has 1 amide bonds. The summed E-state index contributed by atoms with van der Waals surface area (Å²) in [5, 5.41) is 54.6. The molecule has 7 unspecified atom stereocenters. The molecule has 1 heterocycles. The minimum atomic E-state index is -1.58. The Kier molecular flexibility index (Phi) is 52.6. The average molecular weight is 1060 g/mol. The van der Waals surface area contributed by atoms with Gasteiger partial charge in [0.25, 0.3) is 0 Å². The Morgan fingerprint density at radius 3 is 1.12 bits per heavy atom. The van der Waals surface area contributed by atoms with Crippen LogP contribution in [-0.4, -0.2) is 87.5 Å². The van der Waals surface area contributed by atoms with E-state index in [1.165, 1.54) is 244 Å². The van der Waals surface area contributed by atoms with Crippen molar-refractivity contribution < 1.29 is 39.8 Å². The average Bonchev–Trinajstić information content (AvgIpc) is 3.41. The molecule has 0 aromatic rings. The Labute approximate surface area is 463 Å². The number of hydrogen-bond acceptors (Lipinski definition) is 8. The molecular formula is C66H123NO8. The van der Waals surface area contributed by atoms with Crippen molar-refractivity contribution >= 4 is 5.91 Å². The first-order chi connectivity index (χ1) is 36.8. The fourth-order valence-electron chi connectivity index (χ4n) is 10.2. The van der Waals surface area contributed by atoms with Crippen LogP contribution < -0.4 is 5.32 Å². The van der Waals surface area contributed by atoms with Gasteiger partial charge in [-0.1, -0.05) is 281 Å². The van der Waals surface area contributed by atoms with E-state index >= 15 is 0 Å². The molecule has 1 aliphatic heterocycles. The standard InChI is InChI=1S/C66H123NO8/c1-3-5-7-9-11-13-15-17-19-21-23-25-27-29-30-32-33-35-37-39-41-43-45-47-49-51-53-55-60(69)59(58-74-66-65(73)64(72)63(71)61(57-68)75-66)67-62(70)56-54-52-50-48-46-44-42-40-38-36-34-31-28-26-24-22-20-18-16-14-12-10-8-6-4-2/h22,24,37,39,45,47,53,55,59-61,63-66,68-69,71-73H,3-21,23,25-36,38,40-44,46,48-52,54,56-58H2,1-2H3,(H,67,70)/b24-22-,39-37+,47-45+,55-53+. The molecule has 1 rings (SSSR count). The summed E-state index contributed by atoms with van der Waals surface area (Å²) in [4.78, 5) is 13.1. The van der Waals surface area contributed by atoms with E-state index in [2.05, 4.69) is 55.6 Å². The summed E-state index contributed by atoms with van der Waals surface area (Å²) in [6, 6.07) is -0.830. The van der Waals surface area contributed by atoms with Gasteiger partial charge in [0.2, 0.25) is 5.91 Å². The van der Waals surface area contributed by atoms with Crippen LogP contribution in [0.4, 0.5) is 0 Å². The summed E-state index contributed by atoms with van der Waals surface area (Å²) < 4.78 is 11.3. The topological polar surface area (TPSA) is 149 Å². The Hall–Kier alpha value is -1.85. The molecule has 0 saturated carbocycles. The first-order valence-corrected chi connectivity index (χ1v) is 32.4. The predicted molar refractivity (Wildman–Crippen MR) is 318 cm³/mol. The molecule has 1 aliphatic rings. The third-order valence-corrected chi connectivity index (χ3v) is 15.4. The third-order valence-electron chi connectivity index (χ3n) is 15.4. The summed E-state index contributed by atoms with van der Waals surface area (Å²) >= 11 is 0. The van der Waals surface area contributed by atoms with Crippen LogP contribution in [0.2, 0.25) is 0 Å². The van der Waals surface area contributed by atoms with Gasteiger partial charge in [-0.05, 0) is 70.6 Å². The van der Waals surface area contributed by atoms with Gasteiger partial charge in [0.15, 0.2) is 6.29 Å². The van der Waals surface area contributed by atoms with Crippen molar-refractivity contribution in [3.05, 3.63) is 48.6 Å². The minimum absolute atomic E-state index is 0.187.